The summed E-state index contributed by atoms with van der Waals surface area (Å²) >= 11 is 1.40. The predicted molar refractivity (Wildman–Crippen MR) is 121 cm³/mol. The van der Waals surface area contributed by atoms with Crippen molar-refractivity contribution in [1.82, 2.24) is 9.38 Å². The van der Waals surface area contributed by atoms with Gasteiger partial charge in [-0.1, -0.05) is 0 Å². The minimum Gasteiger partial charge on any atom is -0.372 e. The van der Waals surface area contributed by atoms with Gasteiger partial charge in [-0.3, -0.25) is 9.20 Å². The zero-order chi connectivity index (χ0) is 21.3. The minimum atomic E-state index is -0.290. The number of hydrogen-bond acceptors (Lipinski definition) is 4. The molecule has 0 fully saturated rings. The summed E-state index contributed by atoms with van der Waals surface area (Å²) in [6.45, 7) is 8.12. The van der Waals surface area contributed by atoms with E-state index in [0.717, 1.165) is 35.6 Å². The Bertz CT molecular complexity index is 1190. The van der Waals surface area contributed by atoms with Crippen LogP contribution in [0.4, 0.5) is 15.8 Å². The molecule has 0 spiro atoms. The SMILES string of the molecule is CCN(CC)c1ccc(NC(=O)c2csc3nc(-c4ccc(F)cc4)cn23)c(C)c1. The van der Waals surface area contributed by atoms with Gasteiger partial charge in [0.25, 0.3) is 5.91 Å². The van der Waals surface area contributed by atoms with E-state index in [1.54, 1.807) is 21.9 Å². The fourth-order valence-electron chi connectivity index (χ4n) is 3.47. The number of halogens is 1. The maximum atomic E-state index is 13.2. The summed E-state index contributed by atoms with van der Waals surface area (Å²) in [5.41, 5.74) is 4.97. The first-order valence-corrected chi connectivity index (χ1v) is 10.8. The van der Waals surface area contributed by atoms with Crippen LogP contribution in [0.15, 0.2) is 54.0 Å². The number of benzene rings is 2. The Kier molecular flexibility index (Phi) is 5.55. The monoisotopic (exact) mass is 422 g/mol. The molecule has 0 radical (unpaired) electrons. The van der Waals surface area contributed by atoms with Crippen LogP contribution in [0.2, 0.25) is 0 Å². The van der Waals surface area contributed by atoms with Gasteiger partial charge in [0.2, 0.25) is 0 Å². The number of amides is 1. The molecule has 0 bridgehead atoms. The Morgan fingerprint density at radius 3 is 2.57 bits per heavy atom. The molecule has 0 unspecified atom stereocenters. The van der Waals surface area contributed by atoms with Crippen molar-refractivity contribution < 1.29 is 9.18 Å². The highest BCUT2D eigenvalue weighted by atomic mass is 32.1. The van der Waals surface area contributed by atoms with Crippen LogP contribution in [0.25, 0.3) is 16.2 Å². The lowest BCUT2D eigenvalue weighted by Crippen LogP contribution is -2.22. The summed E-state index contributed by atoms with van der Waals surface area (Å²) < 4.78 is 15.0. The lowest BCUT2D eigenvalue weighted by molar-refractivity contribution is 0.102. The van der Waals surface area contributed by atoms with Gasteiger partial charge in [0.1, 0.15) is 11.5 Å². The van der Waals surface area contributed by atoms with Crippen LogP contribution < -0.4 is 10.2 Å². The highest BCUT2D eigenvalue weighted by molar-refractivity contribution is 7.15. The summed E-state index contributed by atoms with van der Waals surface area (Å²) in [6, 6.07) is 12.2. The van der Waals surface area contributed by atoms with E-state index in [4.69, 9.17) is 0 Å². The van der Waals surface area contributed by atoms with E-state index in [0.29, 0.717) is 16.3 Å². The molecule has 0 saturated carbocycles. The smallest absolute Gasteiger partial charge is 0.273 e. The summed E-state index contributed by atoms with van der Waals surface area (Å²) in [5, 5.41) is 4.81. The number of hydrogen-bond donors (Lipinski definition) is 1. The van der Waals surface area contributed by atoms with E-state index in [1.165, 1.54) is 23.5 Å². The fraction of sp³-hybridized carbons (Fsp3) is 0.217. The van der Waals surface area contributed by atoms with Gasteiger partial charge in [-0.15, -0.1) is 11.3 Å². The van der Waals surface area contributed by atoms with Crippen molar-refractivity contribution in [2.75, 3.05) is 23.3 Å². The van der Waals surface area contributed by atoms with E-state index in [9.17, 15) is 9.18 Å². The first kappa shape index (κ1) is 20.1. The second kappa shape index (κ2) is 8.28. The number of anilines is 2. The van der Waals surface area contributed by atoms with E-state index >= 15 is 0 Å². The molecule has 4 rings (SSSR count). The molecule has 30 heavy (non-hydrogen) atoms. The van der Waals surface area contributed by atoms with E-state index in [1.807, 2.05) is 25.3 Å². The zero-order valence-corrected chi connectivity index (χ0v) is 18.0. The molecule has 5 nitrogen and oxygen atoms in total. The number of rotatable bonds is 6. The minimum absolute atomic E-state index is 0.192. The summed E-state index contributed by atoms with van der Waals surface area (Å²) in [7, 11) is 0. The van der Waals surface area contributed by atoms with Crippen LogP contribution in [0, 0.1) is 12.7 Å². The Morgan fingerprint density at radius 2 is 1.90 bits per heavy atom. The second-order valence-corrected chi connectivity index (χ2v) is 7.87. The lowest BCUT2D eigenvalue weighted by atomic mass is 10.1. The molecule has 2 aromatic heterocycles. The number of carbonyl (C=O) groups excluding carboxylic acids is 1. The maximum absolute atomic E-state index is 13.2. The molecule has 0 atom stereocenters. The zero-order valence-electron chi connectivity index (χ0n) is 17.1. The molecule has 4 aromatic rings. The van der Waals surface area contributed by atoms with Crippen LogP contribution in [-0.4, -0.2) is 28.4 Å². The number of carbonyl (C=O) groups is 1. The van der Waals surface area contributed by atoms with Crippen LogP contribution >= 0.6 is 11.3 Å². The molecule has 7 heteroatoms. The van der Waals surface area contributed by atoms with E-state index in [-0.39, 0.29) is 11.7 Å². The van der Waals surface area contributed by atoms with Crippen molar-refractivity contribution in [3.63, 3.8) is 0 Å². The number of aryl methyl sites for hydroxylation is 1. The molecule has 1 N–H and O–H groups in total. The summed E-state index contributed by atoms with van der Waals surface area (Å²) in [4.78, 5) is 20.5. The Labute approximate surface area is 178 Å². The largest absolute Gasteiger partial charge is 0.372 e. The van der Waals surface area contributed by atoms with Gasteiger partial charge in [-0.05, 0) is 68.8 Å². The number of fused-ring (bicyclic) bond motifs is 1. The molecule has 154 valence electrons. The average molecular weight is 423 g/mol. The highest BCUT2D eigenvalue weighted by Gasteiger charge is 2.16. The number of thiazole rings is 1. The molecule has 0 aliphatic rings. The molecule has 2 aromatic carbocycles. The molecule has 2 heterocycles. The summed E-state index contributed by atoms with van der Waals surface area (Å²) in [6.07, 6.45) is 1.81. The van der Waals surface area contributed by atoms with Crippen molar-refractivity contribution in [2.24, 2.45) is 0 Å². The Hall–Kier alpha value is -3.19. The van der Waals surface area contributed by atoms with Crippen molar-refractivity contribution >= 4 is 33.6 Å². The van der Waals surface area contributed by atoms with Crippen molar-refractivity contribution in [3.05, 3.63) is 71.1 Å². The Morgan fingerprint density at radius 1 is 1.17 bits per heavy atom. The van der Waals surface area contributed by atoms with Gasteiger partial charge < -0.3 is 10.2 Å². The lowest BCUT2D eigenvalue weighted by Gasteiger charge is -2.22. The first-order valence-electron chi connectivity index (χ1n) is 9.89. The third kappa shape index (κ3) is 3.80. The third-order valence-electron chi connectivity index (χ3n) is 5.17. The number of imidazole rings is 1. The molecule has 0 aliphatic carbocycles. The van der Waals surface area contributed by atoms with Crippen LogP contribution in [0.3, 0.4) is 0 Å². The highest BCUT2D eigenvalue weighted by Crippen LogP contribution is 2.26. The molecule has 0 saturated heterocycles. The first-order chi connectivity index (χ1) is 14.5. The van der Waals surface area contributed by atoms with Gasteiger partial charge in [0, 0.05) is 41.6 Å². The maximum Gasteiger partial charge on any atom is 0.273 e. The third-order valence-corrected chi connectivity index (χ3v) is 6.01. The van der Waals surface area contributed by atoms with Gasteiger partial charge in [-0.25, -0.2) is 9.37 Å². The molecular formula is C23H23FN4OS. The van der Waals surface area contributed by atoms with E-state index in [2.05, 4.69) is 35.1 Å². The van der Waals surface area contributed by atoms with Gasteiger partial charge in [0.05, 0.1) is 5.69 Å². The summed E-state index contributed by atoms with van der Waals surface area (Å²) in [5.74, 6) is -0.481. The van der Waals surface area contributed by atoms with Crippen molar-refractivity contribution in [3.8, 4) is 11.3 Å². The van der Waals surface area contributed by atoms with Gasteiger partial charge >= 0.3 is 0 Å². The molecular weight excluding hydrogens is 399 g/mol. The quantitative estimate of drug-likeness (QED) is 0.439. The topological polar surface area (TPSA) is 49.6 Å². The number of aromatic nitrogens is 2. The van der Waals surface area contributed by atoms with Crippen molar-refractivity contribution in [1.29, 1.82) is 0 Å². The molecule has 0 aliphatic heterocycles. The second-order valence-electron chi connectivity index (χ2n) is 7.03. The van der Waals surface area contributed by atoms with Crippen LogP contribution in [0.1, 0.15) is 29.9 Å². The van der Waals surface area contributed by atoms with E-state index < -0.39 is 0 Å². The molecule has 1 amide bonds. The average Bonchev–Trinajstić information content (AvgIpc) is 3.32. The fourth-order valence-corrected chi connectivity index (χ4v) is 4.32. The van der Waals surface area contributed by atoms with Crippen LogP contribution in [0.5, 0.6) is 0 Å². The van der Waals surface area contributed by atoms with Gasteiger partial charge in [-0.2, -0.15) is 0 Å². The number of nitrogens with one attached hydrogen (secondary N) is 1. The van der Waals surface area contributed by atoms with Crippen LogP contribution in [-0.2, 0) is 0 Å². The standard InChI is InChI=1S/C23H23FN4OS/c1-4-27(5-2)18-10-11-19(15(3)12-18)25-22(29)21-14-30-23-26-20(13-28(21)23)16-6-8-17(24)9-7-16/h6-14H,4-5H2,1-3H3,(H,25,29). The predicted octanol–water partition coefficient (Wildman–Crippen LogP) is 5.61. The normalized spacial score (nSPS) is 11.1. The van der Waals surface area contributed by atoms with Gasteiger partial charge in [0.15, 0.2) is 4.96 Å². The Balaban J connectivity index is 1.58. The van der Waals surface area contributed by atoms with Crippen molar-refractivity contribution in [2.45, 2.75) is 20.8 Å². The number of nitrogens with zero attached hydrogens (tertiary/aromatic N) is 3.